The van der Waals surface area contributed by atoms with Crippen LogP contribution in [0.25, 0.3) is 0 Å². The molecule has 2 N–H and O–H groups in total. The summed E-state index contributed by atoms with van der Waals surface area (Å²) in [4.78, 5) is 24.3. The number of carbonyl (C=O) groups excluding carboxylic acids is 2. The first-order valence-corrected chi connectivity index (χ1v) is 7.06. The number of rotatable bonds is 7. The van der Waals surface area contributed by atoms with Crippen molar-refractivity contribution >= 4 is 11.7 Å². The fourth-order valence-corrected chi connectivity index (χ4v) is 2.28. The molecular weight excluding hydrogens is 238 g/mol. The van der Waals surface area contributed by atoms with E-state index in [1.54, 1.807) is 0 Å². The van der Waals surface area contributed by atoms with Crippen molar-refractivity contribution in [3.05, 3.63) is 12.2 Å². The van der Waals surface area contributed by atoms with Gasteiger partial charge >= 0.3 is 0 Å². The molecule has 0 fully saturated rings. The Balaban J connectivity index is 5.29. The minimum Gasteiger partial charge on any atom is -0.369 e. The van der Waals surface area contributed by atoms with Crippen molar-refractivity contribution in [2.24, 2.45) is 28.9 Å². The van der Waals surface area contributed by atoms with Crippen molar-refractivity contribution < 1.29 is 9.59 Å². The number of allylic oxidation sites excluding steroid dienone is 2. The predicted molar refractivity (Wildman–Crippen MR) is 79.5 cm³/mol. The number of hydrogen-bond acceptors (Lipinski definition) is 2. The van der Waals surface area contributed by atoms with E-state index in [0.717, 1.165) is 0 Å². The Morgan fingerprint density at radius 3 is 2.00 bits per heavy atom. The van der Waals surface area contributed by atoms with Gasteiger partial charge in [-0.25, -0.2) is 0 Å². The summed E-state index contributed by atoms with van der Waals surface area (Å²) in [6, 6.07) is 0. The number of ketones is 1. The third kappa shape index (κ3) is 6.04. The highest BCUT2D eigenvalue weighted by molar-refractivity contribution is 5.91. The SMILES string of the molecule is C/C=C/C[C@H](C(N)=O)[C@@H](CC(C)C)C(=O)C(C)(C)C. The van der Waals surface area contributed by atoms with Crippen LogP contribution < -0.4 is 5.73 Å². The Labute approximate surface area is 117 Å². The fourth-order valence-electron chi connectivity index (χ4n) is 2.28. The smallest absolute Gasteiger partial charge is 0.221 e. The maximum atomic E-state index is 12.6. The molecule has 0 unspecified atom stereocenters. The zero-order chi connectivity index (χ0) is 15.2. The topological polar surface area (TPSA) is 60.2 Å². The minimum absolute atomic E-state index is 0.134. The van der Waals surface area contributed by atoms with Gasteiger partial charge in [0.1, 0.15) is 5.78 Å². The molecule has 1 amide bonds. The first-order chi connectivity index (χ1) is 8.61. The van der Waals surface area contributed by atoms with E-state index in [2.05, 4.69) is 13.8 Å². The van der Waals surface area contributed by atoms with E-state index in [4.69, 9.17) is 5.73 Å². The Bertz CT molecular complexity index is 337. The first kappa shape index (κ1) is 17.9. The lowest BCUT2D eigenvalue weighted by Crippen LogP contribution is -2.39. The van der Waals surface area contributed by atoms with Crippen LogP contribution in [0.1, 0.15) is 54.4 Å². The molecule has 0 aliphatic heterocycles. The van der Waals surface area contributed by atoms with Gasteiger partial charge in [0.05, 0.1) is 5.92 Å². The number of carbonyl (C=O) groups is 2. The number of hydrogen-bond donors (Lipinski definition) is 1. The molecule has 19 heavy (non-hydrogen) atoms. The molecule has 0 aromatic rings. The Kier molecular flexibility index (Phi) is 7.02. The van der Waals surface area contributed by atoms with Crippen LogP contribution in [-0.4, -0.2) is 11.7 Å². The predicted octanol–water partition coefficient (Wildman–Crippen LogP) is 3.33. The minimum atomic E-state index is -0.441. The molecule has 0 saturated heterocycles. The second-order valence-electron chi connectivity index (χ2n) is 6.66. The largest absolute Gasteiger partial charge is 0.369 e. The summed E-state index contributed by atoms with van der Waals surface area (Å²) >= 11 is 0. The van der Waals surface area contributed by atoms with E-state index in [-0.39, 0.29) is 17.6 Å². The Morgan fingerprint density at radius 1 is 1.16 bits per heavy atom. The highest BCUT2D eigenvalue weighted by atomic mass is 16.1. The van der Waals surface area contributed by atoms with Crippen molar-refractivity contribution in [1.29, 1.82) is 0 Å². The first-order valence-electron chi connectivity index (χ1n) is 7.06. The number of Topliss-reactive ketones (excluding diaryl/α,β-unsaturated/α-hetero) is 1. The Morgan fingerprint density at radius 2 is 1.68 bits per heavy atom. The summed E-state index contributed by atoms with van der Waals surface area (Å²) < 4.78 is 0. The van der Waals surface area contributed by atoms with E-state index < -0.39 is 11.3 Å². The quantitative estimate of drug-likeness (QED) is 0.719. The summed E-state index contributed by atoms with van der Waals surface area (Å²) in [5, 5.41) is 0. The second-order valence-corrected chi connectivity index (χ2v) is 6.66. The molecule has 3 nitrogen and oxygen atoms in total. The summed E-state index contributed by atoms with van der Waals surface area (Å²) in [6.45, 7) is 11.7. The van der Waals surface area contributed by atoms with Crippen molar-refractivity contribution in [3.8, 4) is 0 Å². The zero-order valence-corrected chi connectivity index (χ0v) is 13.2. The summed E-state index contributed by atoms with van der Waals surface area (Å²) in [7, 11) is 0. The van der Waals surface area contributed by atoms with Gasteiger partial charge in [0.2, 0.25) is 5.91 Å². The standard InChI is InChI=1S/C16H29NO2/c1-7-8-9-12(15(17)19)13(10-11(2)3)14(18)16(4,5)6/h7-8,11-13H,9-10H2,1-6H3,(H2,17,19)/b8-7+/t12-,13+/m0/s1. The van der Waals surface area contributed by atoms with Crippen molar-refractivity contribution in [2.45, 2.75) is 54.4 Å². The molecular formula is C16H29NO2. The molecule has 3 heteroatoms. The van der Waals surface area contributed by atoms with Crippen LogP contribution in [0.2, 0.25) is 0 Å². The number of amides is 1. The van der Waals surface area contributed by atoms with E-state index >= 15 is 0 Å². The van der Waals surface area contributed by atoms with E-state index in [1.807, 2.05) is 39.8 Å². The maximum absolute atomic E-state index is 12.6. The molecule has 0 radical (unpaired) electrons. The molecule has 0 rings (SSSR count). The molecule has 0 bridgehead atoms. The van der Waals surface area contributed by atoms with Gasteiger partial charge in [0, 0.05) is 11.3 Å². The second kappa shape index (κ2) is 7.46. The highest BCUT2D eigenvalue weighted by Gasteiger charge is 2.37. The Hall–Kier alpha value is -1.12. The van der Waals surface area contributed by atoms with Crippen molar-refractivity contribution in [3.63, 3.8) is 0 Å². The third-order valence-corrected chi connectivity index (χ3v) is 3.28. The molecule has 0 aromatic carbocycles. The lowest BCUT2D eigenvalue weighted by Gasteiger charge is -2.30. The van der Waals surface area contributed by atoms with Gasteiger partial charge < -0.3 is 5.73 Å². The number of nitrogens with two attached hydrogens (primary N) is 1. The molecule has 0 spiro atoms. The van der Waals surface area contributed by atoms with Crippen LogP contribution in [0.4, 0.5) is 0 Å². The van der Waals surface area contributed by atoms with Crippen LogP contribution in [0.15, 0.2) is 12.2 Å². The lowest BCUT2D eigenvalue weighted by atomic mass is 9.72. The normalized spacial score (nSPS) is 15.7. The molecule has 0 saturated carbocycles. The molecule has 2 atom stereocenters. The molecule has 0 aliphatic rings. The summed E-state index contributed by atoms with van der Waals surface area (Å²) in [6.07, 6.45) is 5.06. The van der Waals surface area contributed by atoms with Gasteiger partial charge in [-0.2, -0.15) is 0 Å². The van der Waals surface area contributed by atoms with Crippen molar-refractivity contribution in [2.75, 3.05) is 0 Å². The van der Waals surface area contributed by atoms with E-state index in [9.17, 15) is 9.59 Å². The summed E-state index contributed by atoms with van der Waals surface area (Å²) in [5.74, 6) is -0.557. The average molecular weight is 267 g/mol. The molecule has 0 aromatic heterocycles. The van der Waals surface area contributed by atoms with Gasteiger partial charge in [-0.1, -0.05) is 46.8 Å². The van der Waals surface area contributed by atoms with E-state index in [0.29, 0.717) is 18.8 Å². The molecule has 0 heterocycles. The monoisotopic (exact) mass is 267 g/mol. The third-order valence-electron chi connectivity index (χ3n) is 3.28. The van der Waals surface area contributed by atoms with E-state index in [1.165, 1.54) is 0 Å². The van der Waals surface area contributed by atoms with Crippen LogP contribution in [-0.2, 0) is 9.59 Å². The molecule has 110 valence electrons. The van der Waals surface area contributed by atoms with Crippen LogP contribution in [0, 0.1) is 23.2 Å². The van der Waals surface area contributed by atoms with Gasteiger partial charge in [-0.15, -0.1) is 0 Å². The maximum Gasteiger partial charge on any atom is 0.221 e. The van der Waals surface area contributed by atoms with Crippen LogP contribution >= 0.6 is 0 Å². The van der Waals surface area contributed by atoms with Gasteiger partial charge in [0.25, 0.3) is 0 Å². The molecule has 0 aliphatic carbocycles. The van der Waals surface area contributed by atoms with Gasteiger partial charge in [0.15, 0.2) is 0 Å². The average Bonchev–Trinajstić information content (AvgIpc) is 2.24. The number of primary amides is 1. The van der Waals surface area contributed by atoms with Crippen LogP contribution in [0.5, 0.6) is 0 Å². The van der Waals surface area contributed by atoms with Gasteiger partial charge in [-0.3, -0.25) is 9.59 Å². The summed E-state index contributed by atoms with van der Waals surface area (Å²) in [5.41, 5.74) is 5.07. The zero-order valence-electron chi connectivity index (χ0n) is 13.2. The fraction of sp³-hybridized carbons (Fsp3) is 0.750. The van der Waals surface area contributed by atoms with Crippen molar-refractivity contribution in [1.82, 2.24) is 0 Å². The highest BCUT2D eigenvalue weighted by Crippen LogP contribution is 2.31. The lowest BCUT2D eigenvalue weighted by molar-refractivity contribution is -0.137. The van der Waals surface area contributed by atoms with Gasteiger partial charge in [-0.05, 0) is 25.7 Å². The van der Waals surface area contributed by atoms with Crippen LogP contribution in [0.3, 0.4) is 0 Å².